The highest BCUT2D eigenvalue weighted by Crippen LogP contribution is 2.35. The van der Waals surface area contributed by atoms with E-state index in [2.05, 4.69) is 5.32 Å². The molecule has 0 bridgehead atoms. The molecule has 2 aromatic rings. The van der Waals surface area contributed by atoms with Crippen LogP contribution < -0.4 is 14.8 Å². The van der Waals surface area contributed by atoms with Crippen molar-refractivity contribution in [3.05, 3.63) is 59.2 Å². The molecule has 24 heavy (non-hydrogen) atoms. The Morgan fingerprint density at radius 3 is 2.42 bits per heavy atom. The summed E-state index contributed by atoms with van der Waals surface area (Å²) in [6, 6.07) is 13.9. The highest BCUT2D eigenvalue weighted by Gasteiger charge is 2.31. The Hall–Kier alpha value is -2.49. The zero-order chi connectivity index (χ0) is 17.2. The normalized spacial score (nSPS) is 13.5. The average molecular weight is 325 g/mol. The molecule has 4 nitrogen and oxygen atoms in total. The predicted molar refractivity (Wildman–Crippen MR) is 93.5 cm³/mol. The molecular formula is C20H23NO3. The van der Waals surface area contributed by atoms with E-state index < -0.39 is 5.41 Å². The fourth-order valence-electron chi connectivity index (χ4n) is 2.67. The molecular weight excluding hydrogens is 302 g/mol. The monoisotopic (exact) mass is 325 g/mol. The van der Waals surface area contributed by atoms with Crippen molar-refractivity contribution in [1.29, 1.82) is 0 Å². The lowest BCUT2D eigenvalue weighted by Gasteiger charge is -2.26. The quantitative estimate of drug-likeness (QED) is 0.937. The smallest absolute Gasteiger partial charge is 0.230 e. The van der Waals surface area contributed by atoms with Crippen LogP contribution in [0.5, 0.6) is 11.5 Å². The summed E-state index contributed by atoms with van der Waals surface area (Å²) in [6.07, 6.45) is 0. The molecule has 1 aliphatic heterocycles. The van der Waals surface area contributed by atoms with Gasteiger partial charge in [-0.25, -0.2) is 0 Å². The van der Waals surface area contributed by atoms with Gasteiger partial charge in [0, 0.05) is 6.54 Å². The summed E-state index contributed by atoms with van der Waals surface area (Å²) < 4.78 is 11.2. The van der Waals surface area contributed by atoms with Crippen molar-refractivity contribution >= 4 is 5.91 Å². The van der Waals surface area contributed by atoms with Crippen LogP contribution in [-0.4, -0.2) is 19.1 Å². The molecule has 0 fully saturated rings. The fourth-order valence-corrected chi connectivity index (χ4v) is 2.67. The number of hydrogen-bond acceptors (Lipinski definition) is 3. The fraction of sp³-hybridized carbons (Fsp3) is 0.350. The van der Waals surface area contributed by atoms with E-state index in [0.717, 1.165) is 16.9 Å². The predicted octanol–water partition coefficient (Wildman–Crippen LogP) is 3.36. The van der Waals surface area contributed by atoms with Gasteiger partial charge >= 0.3 is 0 Å². The average Bonchev–Trinajstić information content (AvgIpc) is 2.60. The van der Waals surface area contributed by atoms with E-state index in [9.17, 15) is 4.79 Å². The first kappa shape index (κ1) is 16.4. The molecule has 1 amide bonds. The van der Waals surface area contributed by atoms with Crippen LogP contribution in [-0.2, 0) is 16.8 Å². The lowest BCUT2D eigenvalue weighted by atomic mass is 9.83. The van der Waals surface area contributed by atoms with Gasteiger partial charge in [-0.15, -0.1) is 0 Å². The van der Waals surface area contributed by atoms with Gasteiger partial charge in [-0.05, 0) is 44.0 Å². The molecule has 0 saturated heterocycles. The lowest BCUT2D eigenvalue weighted by molar-refractivity contribution is -0.125. The molecule has 0 spiro atoms. The summed E-state index contributed by atoms with van der Waals surface area (Å²) >= 11 is 0. The van der Waals surface area contributed by atoms with Gasteiger partial charge in [0.15, 0.2) is 11.5 Å². The van der Waals surface area contributed by atoms with Crippen molar-refractivity contribution in [1.82, 2.24) is 5.32 Å². The molecule has 0 aliphatic carbocycles. The van der Waals surface area contributed by atoms with Crippen LogP contribution in [0, 0.1) is 6.92 Å². The largest absolute Gasteiger partial charge is 0.486 e. The molecule has 0 aromatic heterocycles. The molecule has 2 aromatic carbocycles. The molecule has 1 aliphatic rings. The third kappa shape index (κ3) is 3.37. The Labute approximate surface area is 142 Å². The van der Waals surface area contributed by atoms with Crippen molar-refractivity contribution in [2.45, 2.75) is 32.7 Å². The summed E-state index contributed by atoms with van der Waals surface area (Å²) in [5.74, 6) is 1.43. The zero-order valence-corrected chi connectivity index (χ0v) is 14.4. The Morgan fingerprint density at radius 2 is 1.71 bits per heavy atom. The standard InChI is InChI=1S/C20H23NO3/c1-14-4-6-15(7-5-14)13-21-19(22)20(2,3)16-8-9-17-18(12-16)24-11-10-23-17/h4-9,12H,10-11,13H2,1-3H3,(H,21,22). The van der Waals surface area contributed by atoms with Gasteiger partial charge in [0.2, 0.25) is 5.91 Å². The summed E-state index contributed by atoms with van der Waals surface area (Å²) in [5, 5.41) is 3.03. The highest BCUT2D eigenvalue weighted by atomic mass is 16.6. The number of fused-ring (bicyclic) bond motifs is 1. The topological polar surface area (TPSA) is 47.6 Å². The Balaban J connectivity index is 1.71. The second-order valence-corrected chi connectivity index (χ2v) is 6.65. The van der Waals surface area contributed by atoms with Crippen molar-refractivity contribution < 1.29 is 14.3 Å². The molecule has 1 N–H and O–H groups in total. The van der Waals surface area contributed by atoms with Gasteiger partial charge < -0.3 is 14.8 Å². The van der Waals surface area contributed by atoms with Crippen LogP contribution in [0.25, 0.3) is 0 Å². The van der Waals surface area contributed by atoms with Gasteiger partial charge in [0.05, 0.1) is 5.41 Å². The maximum atomic E-state index is 12.7. The van der Waals surface area contributed by atoms with Gasteiger partial charge in [0.1, 0.15) is 13.2 Å². The highest BCUT2D eigenvalue weighted by molar-refractivity contribution is 5.87. The van der Waals surface area contributed by atoms with Crippen LogP contribution >= 0.6 is 0 Å². The first-order valence-electron chi connectivity index (χ1n) is 8.21. The number of nitrogens with one attached hydrogen (secondary N) is 1. The first-order valence-corrected chi connectivity index (χ1v) is 8.21. The van der Waals surface area contributed by atoms with E-state index in [1.807, 2.05) is 63.2 Å². The number of carbonyl (C=O) groups excluding carboxylic acids is 1. The lowest BCUT2D eigenvalue weighted by Crippen LogP contribution is -2.39. The summed E-state index contributed by atoms with van der Waals surface area (Å²) in [4.78, 5) is 12.7. The summed E-state index contributed by atoms with van der Waals surface area (Å²) in [6.45, 7) is 7.51. The number of rotatable bonds is 4. The van der Waals surface area contributed by atoms with E-state index in [1.165, 1.54) is 5.56 Å². The number of ether oxygens (including phenoxy) is 2. The number of amides is 1. The third-order valence-corrected chi connectivity index (χ3v) is 4.41. The van der Waals surface area contributed by atoms with Crippen LogP contribution in [0.15, 0.2) is 42.5 Å². The number of benzene rings is 2. The second kappa shape index (κ2) is 6.56. The van der Waals surface area contributed by atoms with Gasteiger partial charge in [-0.3, -0.25) is 4.79 Å². The maximum Gasteiger partial charge on any atom is 0.230 e. The van der Waals surface area contributed by atoms with Crippen LogP contribution in [0.3, 0.4) is 0 Å². The number of hydrogen-bond donors (Lipinski definition) is 1. The summed E-state index contributed by atoms with van der Waals surface area (Å²) in [5.41, 5.74) is 2.56. The minimum atomic E-state index is -0.652. The Bertz CT molecular complexity index is 735. The molecule has 0 atom stereocenters. The minimum Gasteiger partial charge on any atom is -0.486 e. The van der Waals surface area contributed by atoms with E-state index >= 15 is 0 Å². The molecule has 1 heterocycles. The molecule has 3 rings (SSSR count). The van der Waals surface area contributed by atoms with Crippen molar-refractivity contribution in [3.63, 3.8) is 0 Å². The molecule has 0 saturated carbocycles. The minimum absolute atomic E-state index is 0.0141. The SMILES string of the molecule is Cc1ccc(CNC(=O)C(C)(C)c2ccc3c(c2)OCCO3)cc1. The van der Waals surface area contributed by atoms with E-state index in [-0.39, 0.29) is 5.91 Å². The number of aryl methyl sites for hydroxylation is 1. The molecule has 4 heteroatoms. The van der Waals surface area contributed by atoms with Gasteiger partial charge in [-0.1, -0.05) is 35.9 Å². The Kier molecular flexibility index (Phi) is 4.47. The first-order chi connectivity index (χ1) is 11.5. The van der Waals surface area contributed by atoms with E-state index in [0.29, 0.717) is 25.5 Å². The van der Waals surface area contributed by atoms with Crippen LogP contribution in [0.1, 0.15) is 30.5 Å². The maximum absolute atomic E-state index is 12.7. The molecule has 126 valence electrons. The van der Waals surface area contributed by atoms with Gasteiger partial charge in [-0.2, -0.15) is 0 Å². The van der Waals surface area contributed by atoms with Crippen LogP contribution in [0.2, 0.25) is 0 Å². The second-order valence-electron chi connectivity index (χ2n) is 6.65. The van der Waals surface area contributed by atoms with Crippen molar-refractivity contribution in [3.8, 4) is 11.5 Å². The Morgan fingerprint density at radius 1 is 1.04 bits per heavy atom. The number of carbonyl (C=O) groups is 1. The third-order valence-electron chi connectivity index (χ3n) is 4.41. The molecule has 0 radical (unpaired) electrons. The van der Waals surface area contributed by atoms with Crippen LogP contribution in [0.4, 0.5) is 0 Å². The van der Waals surface area contributed by atoms with E-state index in [4.69, 9.17) is 9.47 Å². The van der Waals surface area contributed by atoms with Gasteiger partial charge in [0.25, 0.3) is 0 Å². The summed E-state index contributed by atoms with van der Waals surface area (Å²) in [7, 11) is 0. The molecule has 0 unspecified atom stereocenters. The van der Waals surface area contributed by atoms with E-state index in [1.54, 1.807) is 0 Å². The zero-order valence-electron chi connectivity index (χ0n) is 14.4. The van der Waals surface area contributed by atoms with Crippen molar-refractivity contribution in [2.24, 2.45) is 0 Å². The van der Waals surface area contributed by atoms with Crippen molar-refractivity contribution in [2.75, 3.05) is 13.2 Å².